The lowest BCUT2D eigenvalue weighted by Gasteiger charge is -2.49. The smallest absolute Gasteiger partial charge is 0.254 e. The summed E-state index contributed by atoms with van der Waals surface area (Å²) >= 11 is 17.8. The fourth-order valence-electron chi connectivity index (χ4n) is 8.07. The summed E-state index contributed by atoms with van der Waals surface area (Å²) in [5.74, 6) is -5.24. The molecular weight excluding hydrogens is 801 g/mol. The third kappa shape index (κ3) is 5.79. The first-order valence-corrected chi connectivity index (χ1v) is 19.0. The number of anilines is 2. The molecule has 7 rings (SSSR count). The van der Waals surface area contributed by atoms with E-state index in [9.17, 15) is 24.3 Å². The molecule has 0 radical (unpaired) electrons. The molecule has 3 fully saturated rings. The molecule has 6 atom stereocenters. The Morgan fingerprint density at radius 2 is 1.50 bits per heavy atom. The van der Waals surface area contributed by atoms with Gasteiger partial charge in [0.2, 0.25) is 17.6 Å². The summed E-state index contributed by atoms with van der Waals surface area (Å²) in [6.07, 6.45) is 5.29. The monoisotopic (exact) mass is 835 g/mol. The number of benzene rings is 3. The number of nitrogens with zero attached hydrogens (tertiary/aromatic N) is 5. The van der Waals surface area contributed by atoms with Gasteiger partial charge in [0.1, 0.15) is 0 Å². The van der Waals surface area contributed by atoms with Crippen molar-refractivity contribution in [3.63, 3.8) is 0 Å². The van der Waals surface area contributed by atoms with Gasteiger partial charge in [-0.15, -0.1) is 23.2 Å². The van der Waals surface area contributed by atoms with Crippen LogP contribution in [-0.2, 0) is 19.2 Å². The number of alkyl halides is 3. The number of allylic oxidation sites excluding steroid dienone is 3. The predicted octanol–water partition coefficient (Wildman–Crippen LogP) is 7.35. The number of hydrogen-bond donors (Lipinski definition) is 1. The average molecular weight is 838 g/mol. The molecule has 12 nitrogen and oxygen atoms in total. The Hall–Kier alpha value is -4.72. The van der Waals surface area contributed by atoms with Crippen LogP contribution in [0.15, 0.2) is 88.6 Å². The molecule has 2 saturated heterocycles. The Morgan fingerprint density at radius 3 is 2.06 bits per heavy atom. The van der Waals surface area contributed by atoms with Gasteiger partial charge in [-0.2, -0.15) is 10.2 Å². The molecule has 0 spiro atoms. The van der Waals surface area contributed by atoms with Crippen molar-refractivity contribution in [3.05, 3.63) is 84.0 Å². The molecular formula is C39H36BrCl2N5O7. The fraction of sp³-hybridized carbons (Fsp3) is 0.333. The van der Waals surface area contributed by atoms with Crippen LogP contribution in [0.25, 0.3) is 6.08 Å². The number of halogens is 3. The number of phenolic OH excluding ortho intramolecular Hbond substituents is 1. The lowest BCUT2D eigenvalue weighted by atomic mass is 9.57. The van der Waals surface area contributed by atoms with E-state index >= 15 is 0 Å². The van der Waals surface area contributed by atoms with E-state index in [2.05, 4.69) is 26.2 Å². The molecule has 4 aliphatic rings. The highest BCUT2D eigenvalue weighted by atomic mass is 79.9. The second-order valence-corrected chi connectivity index (χ2v) is 15.5. The van der Waals surface area contributed by atoms with Gasteiger partial charge in [0, 0.05) is 25.7 Å². The van der Waals surface area contributed by atoms with Crippen molar-refractivity contribution in [2.75, 3.05) is 43.6 Å². The largest absolute Gasteiger partial charge is 0.502 e. The first-order valence-electron chi connectivity index (χ1n) is 17.1. The zero-order valence-electron chi connectivity index (χ0n) is 29.7. The van der Waals surface area contributed by atoms with Crippen molar-refractivity contribution in [2.24, 2.45) is 33.9 Å². The minimum Gasteiger partial charge on any atom is -0.502 e. The van der Waals surface area contributed by atoms with Crippen LogP contribution in [-0.4, -0.2) is 77.2 Å². The van der Waals surface area contributed by atoms with E-state index in [0.717, 1.165) is 10.6 Å². The van der Waals surface area contributed by atoms with Gasteiger partial charge in [0.05, 0.1) is 48.6 Å². The van der Waals surface area contributed by atoms with Crippen LogP contribution >= 0.6 is 39.1 Å². The molecule has 0 bridgehead atoms. The summed E-state index contributed by atoms with van der Waals surface area (Å²) in [4.78, 5) is 56.6. The SMILES string of the molecule is COc1cc(C=CC2C3=CCC4C(=O)N(c5ccc(N=Nc6ccc(N(C)C)cc6)cc5)C(=O)C4C3CC3(Cl)C(=O)N(CBr)C(=O)C23Cl)cc(OC)c1O. The number of phenols is 1. The first kappa shape index (κ1) is 37.6. The second kappa shape index (κ2) is 14.2. The molecule has 3 aromatic rings. The minimum absolute atomic E-state index is 0.129. The zero-order valence-corrected chi connectivity index (χ0v) is 32.8. The molecule has 6 unspecified atom stereocenters. The van der Waals surface area contributed by atoms with Crippen molar-refractivity contribution in [2.45, 2.75) is 22.6 Å². The maximum Gasteiger partial charge on any atom is 0.254 e. The number of amides is 4. The van der Waals surface area contributed by atoms with Gasteiger partial charge in [-0.25, -0.2) is 0 Å². The molecule has 15 heteroatoms. The first-order chi connectivity index (χ1) is 25.8. The normalized spacial score (nSPS) is 27.7. The molecule has 2 heterocycles. The van der Waals surface area contributed by atoms with Gasteiger partial charge in [0.25, 0.3) is 11.8 Å². The number of ether oxygens (including phenoxy) is 2. The Bertz CT molecular complexity index is 2120. The molecule has 54 heavy (non-hydrogen) atoms. The molecule has 280 valence electrons. The van der Waals surface area contributed by atoms with Gasteiger partial charge in [-0.3, -0.25) is 29.0 Å². The number of aromatic hydroxyl groups is 1. The van der Waals surface area contributed by atoms with Crippen LogP contribution in [0.1, 0.15) is 18.4 Å². The molecule has 2 aliphatic heterocycles. The molecule has 0 aromatic heterocycles. The lowest BCUT2D eigenvalue weighted by Crippen LogP contribution is -2.60. The molecule has 1 saturated carbocycles. The Kier molecular flexibility index (Phi) is 9.86. The number of likely N-dealkylation sites (tertiary alicyclic amines) is 1. The molecule has 1 N–H and O–H groups in total. The van der Waals surface area contributed by atoms with Crippen LogP contribution in [0.5, 0.6) is 17.2 Å². The molecule has 3 aromatic carbocycles. The van der Waals surface area contributed by atoms with E-state index in [-0.39, 0.29) is 41.5 Å². The molecule has 4 amide bonds. The minimum atomic E-state index is -1.94. The van der Waals surface area contributed by atoms with Gasteiger partial charge >= 0.3 is 0 Å². The van der Waals surface area contributed by atoms with Crippen LogP contribution in [0, 0.1) is 23.7 Å². The third-order valence-corrected chi connectivity index (χ3v) is 12.7. The standard InChI is InChI=1S/C39H36BrCl2N5O7/c1-45(2)24-10-6-22(7-11-24)43-44-23-8-12-25(13-9-23)47-34(49)27-15-14-26-28(32(27)35(47)50)19-38(41)36(51)46(20-40)37(52)39(38,42)29(26)16-5-21-17-30(53-3)33(48)31(18-21)54-4/h5-14,16-18,27-29,32,48H,15,19-20H2,1-4H3. The van der Waals surface area contributed by atoms with E-state index < -0.39 is 51.1 Å². The average Bonchev–Trinajstić information content (AvgIpc) is 3.51. The quantitative estimate of drug-likeness (QED) is 0.0776. The topological polar surface area (TPSA) is 141 Å². The van der Waals surface area contributed by atoms with E-state index in [0.29, 0.717) is 28.2 Å². The van der Waals surface area contributed by atoms with Crippen LogP contribution in [0.4, 0.5) is 22.7 Å². The summed E-state index contributed by atoms with van der Waals surface area (Å²) in [5.41, 5.74) is 3.67. The molecule has 2 aliphatic carbocycles. The van der Waals surface area contributed by atoms with Gasteiger partial charge < -0.3 is 19.5 Å². The van der Waals surface area contributed by atoms with Crippen molar-refractivity contribution in [3.8, 4) is 17.2 Å². The Balaban J connectivity index is 1.21. The lowest BCUT2D eigenvalue weighted by molar-refractivity contribution is -0.138. The fourth-order valence-corrected chi connectivity index (χ4v) is 9.46. The predicted molar refractivity (Wildman–Crippen MR) is 208 cm³/mol. The number of carbonyl (C=O) groups excluding carboxylic acids is 4. The Labute approximate surface area is 330 Å². The van der Waals surface area contributed by atoms with Crippen molar-refractivity contribution in [1.29, 1.82) is 0 Å². The van der Waals surface area contributed by atoms with Gasteiger partial charge in [-0.05, 0) is 85.0 Å². The second-order valence-electron chi connectivity index (χ2n) is 13.8. The van der Waals surface area contributed by atoms with Crippen LogP contribution in [0.2, 0.25) is 0 Å². The van der Waals surface area contributed by atoms with E-state index in [4.69, 9.17) is 32.7 Å². The summed E-state index contributed by atoms with van der Waals surface area (Å²) in [5, 5.41) is 19.1. The Morgan fingerprint density at radius 1 is 0.907 bits per heavy atom. The maximum absolute atomic E-state index is 14.4. The summed E-state index contributed by atoms with van der Waals surface area (Å²) in [6, 6.07) is 17.4. The number of rotatable bonds is 9. The number of hydrogen-bond acceptors (Lipinski definition) is 10. The number of methoxy groups -OCH3 is 2. The van der Waals surface area contributed by atoms with Crippen molar-refractivity contribution >= 4 is 91.6 Å². The van der Waals surface area contributed by atoms with Crippen LogP contribution < -0.4 is 19.3 Å². The summed E-state index contributed by atoms with van der Waals surface area (Å²) < 4.78 is 10.6. The van der Waals surface area contributed by atoms with Crippen molar-refractivity contribution < 1.29 is 33.8 Å². The van der Waals surface area contributed by atoms with E-state index in [1.54, 1.807) is 48.6 Å². The number of carbonyl (C=O) groups is 4. The number of imide groups is 2. The summed E-state index contributed by atoms with van der Waals surface area (Å²) in [7, 11) is 6.71. The number of azo groups is 1. The highest BCUT2D eigenvalue weighted by Gasteiger charge is 2.75. The third-order valence-electron chi connectivity index (χ3n) is 10.8. The number of fused-ring (bicyclic) bond motifs is 4. The highest BCUT2D eigenvalue weighted by Crippen LogP contribution is 2.63. The highest BCUT2D eigenvalue weighted by molar-refractivity contribution is 9.09. The summed E-state index contributed by atoms with van der Waals surface area (Å²) in [6.45, 7) is 0. The van der Waals surface area contributed by atoms with E-state index in [1.807, 2.05) is 49.3 Å². The maximum atomic E-state index is 14.4. The van der Waals surface area contributed by atoms with E-state index in [1.165, 1.54) is 19.1 Å². The van der Waals surface area contributed by atoms with Crippen molar-refractivity contribution in [1.82, 2.24) is 4.90 Å². The van der Waals surface area contributed by atoms with Gasteiger partial charge in [0.15, 0.2) is 21.2 Å². The zero-order chi connectivity index (χ0) is 38.7. The van der Waals surface area contributed by atoms with Crippen LogP contribution in [0.3, 0.4) is 0 Å². The van der Waals surface area contributed by atoms with Gasteiger partial charge in [-0.1, -0.05) is 39.7 Å².